The number of aromatic hydroxyl groups is 1. The van der Waals surface area contributed by atoms with Crippen molar-refractivity contribution in [1.29, 1.82) is 0 Å². The third-order valence-corrected chi connectivity index (χ3v) is 1.88. The van der Waals surface area contributed by atoms with Gasteiger partial charge in [-0.25, -0.2) is 13.6 Å². The van der Waals surface area contributed by atoms with Crippen molar-refractivity contribution in [2.24, 2.45) is 0 Å². The molecule has 4 nitrogen and oxygen atoms in total. The molecule has 0 saturated heterocycles. The van der Waals surface area contributed by atoms with Gasteiger partial charge in [0.15, 0.2) is 23.5 Å². The van der Waals surface area contributed by atoms with E-state index in [2.05, 4.69) is 4.74 Å². The highest BCUT2D eigenvalue weighted by Crippen LogP contribution is 2.30. The molecular weight excluding hydrogens is 229 g/mol. The van der Waals surface area contributed by atoms with Gasteiger partial charge in [0.1, 0.15) is 0 Å². The number of ether oxygens (including phenoxy) is 1. The van der Waals surface area contributed by atoms with Crippen LogP contribution in [0.2, 0.25) is 0 Å². The van der Waals surface area contributed by atoms with Crippen molar-refractivity contribution in [2.45, 2.75) is 6.10 Å². The van der Waals surface area contributed by atoms with Crippen molar-refractivity contribution in [3.63, 3.8) is 0 Å². The zero-order chi connectivity index (χ0) is 12.5. The number of phenolic OH excluding ortho intramolecular Hbond substituents is 1. The Balaban J connectivity index is 3.30. The molecule has 1 aromatic carbocycles. The lowest BCUT2D eigenvalue weighted by molar-refractivity contribution is -0.150. The molecule has 88 valence electrons. The number of aliphatic hydroxyl groups is 1. The maximum absolute atomic E-state index is 12.9. The van der Waals surface area contributed by atoms with Crippen LogP contribution < -0.4 is 0 Å². The molecule has 1 aromatic rings. The molecule has 1 atom stereocenters. The van der Waals surface area contributed by atoms with Crippen LogP contribution in [0.5, 0.6) is 5.75 Å². The molecule has 0 fully saturated rings. The van der Waals surface area contributed by atoms with Crippen LogP contribution in [0.25, 0.3) is 0 Å². The minimum absolute atomic E-state index is 0.315. The number of halogens is 3. The highest BCUT2D eigenvalue weighted by atomic mass is 19.2. The molecular formula is C9H7F3O4. The Bertz CT molecular complexity index is 433. The van der Waals surface area contributed by atoms with Crippen LogP contribution in [0.4, 0.5) is 13.2 Å². The second-order valence-electron chi connectivity index (χ2n) is 2.85. The first-order valence-electron chi connectivity index (χ1n) is 4.02. The number of hydrogen-bond donors (Lipinski definition) is 2. The molecule has 0 spiro atoms. The van der Waals surface area contributed by atoms with Gasteiger partial charge in [-0.2, -0.15) is 4.39 Å². The maximum atomic E-state index is 12.9. The summed E-state index contributed by atoms with van der Waals surface area (Å²) in [6.07, 6.45) is -2.09. The van der Waals surface area contributed by atoms with Crippen molar-refractivity contribution in [3.8, 4) is 5.75 Å². The van der Waals surface area contributed by atoms with Crippen molar-refractivity contribution >= 4 is 5.97 Å². The summed E-state index contributed by atoms with van der Waals surface area (Å²) in [4.78, 5) is 10.8. The van der Waals surface area contributed by atoms with Crippen molar-refractivity contribution in [1.82, 2.24) is 0 Å². The number of hydrogen-bond acceptors (Lipinski definition) is 4. The van der Waals surface area contributed by atoms with E-state index in [0.29, 0.717) is 6.07 Å². The summed E-state index contributed by atoms with van der Waals surface area (Å²) in [5.41, 5.74) is -0.803. The molecule has 1 rings (SSSR count). The zero-order valence-corrected chi connectivity index (χ0v) is 8.00. The minimum Gasteiger partial charge on any atom is -0.504 e. The lowest BCUT2D eigenvalue weighted by atomic mass is 10.1. The van der Waals surface area contributed by atoms with Gasteiger partial charge in [0.05, 0.1) is 7.11 Å². The largest absolute Gasteiger partial charge is 0.504 e. The average Bonchev–Trinajstić information content (AvgIpc) is 2.29. The number of methoxy groups -OCH3 is 1. The summed E-state index contributed by atoms with van der Waals surface area (Å²) in [6.45, 7) is 0. The van der Waals surface area contributed by atoms with Gasteiger partial charge in [0.25, 0.3) is 0 Å². The predicted octanol–water partition coefficient (Wildman–Crippen LogP) is 1.02. The molecule has 0 heterocycles. The van der Waals surface area contributed by atoms with Gasteiger partial charge in [-0.15, -0.1) is 0 Å². The van der Waals surface area contributed by atoms with Crippen LogP contribution in [0.1, 0.15) is 11.7 Å². The third-order valence-electron chi connectivity index (χ3n) is 1.88. The van der Waals surface area contributed by atoms with E-state index >= 15 is 0 Å². The topological polar surface area (TPSA) is 66.8 Å². The Hall–Kier alpha value is -1.76. The zero-order valence-electron chi connectivity index (χ0n) is 8.00. The summed E-state index contributed by atoms with van der Waals surface area (Å²) < 4.78 is 42.3. The number of esters is 1. The highest BCUT2D eigenvalue weighted by molar-refractivity contribution is 5.77. The predicted molar refractivity (Wildman–Crippen MR) is 45.0 cm³/mol. The van der Waals surface area contributed by atoms with Gasteiger partial charge >= 0.3 is 5.97 Å². The molecule has 0 aliphatic carbocycles. The van der Waals surface area contributed by atoms with Gasteiger partial charge < -0.3 is 14.9 Å². The van der Waals surface area contributed by atoms with Crippen molar-refractivity contribution in [3.05, 3.63) is 29.1 Å². The Morgan fingerprint density at radius 1 is 1.38 bits per heavy atom. The average molecular weight is 236 g/mol. The van der Waals surface area contributed by atoms with E-state index in [4.69, 9.17) is 5.11 Å². The number of carbonyl (C=O) groups excluding carboxylic acids is 1. The fraction of sp³-hybridized carbons (Fsp3) is 0.222. The van der Waals surface area contributed by atoms with E-state index in [9.17, 15) is 23.1 Å². The normalized spacial score (nSPS) is 12.3. The van der Waals surface area contributed by atoms with Gasteiger partial charge in [0.2, 0.25) is 5.82 Å². The smallest absolute Gasteiger partial charge is 0.339 e. The standard InChI is InChI=1S/C9H7F3O4/c1-16-9(15)8(14)3-2-4(10)5(11)6(12)7(3)13/h2,8,13-14H,1H3. The molecule has 0 aromatic heterocycles. The molecule has 0 aliphatic heterocycles. The van der Waals surface area contributed by atoms with E-state index in [1.807, 2.05) is 0 Å². The second kappa shape index (κ2) is 4.40. The van der Waals surface area contributed by atoms with Crippen LogP contribution >= 0.6 is 0 Å². The monoisotopic (exact) mass is 236 g/mol. The van der Waals surface area contributed by atoms with Crippen molar-refractivity contribution < 1.29 is 32.9 Å². The van der Waals surface area contributed by atoms with E-state index in [0.717, 1.165) is 7.11 Å². The molecule has 0 saturated carbocycles. The summed E-state index contributed by atoms with van der Waals surface area (Å²) in [7, 11) is 0.929. The van der Waals surface area contributed by atoms with Crippen LogP contribution in [-0.2, 0) is 9.53 Å². The summed E-state index contributed by atoms with van der Waals surface area (Å²) in [6, 6.07) is 0.315. The fourth-order valence-electron chi connectivity index (χ4n) is 1.05. The van der Waals surface area contributed by atoms with E-state index in [1.165, 1.54) is 0 Å². The minimum atomic E-state index is -2.09. The number of benzene rings is 1. The molecule has 16 heavy (non-hydrogen) atoms. The lowest BCUT2D eigenvalue weighted by Crippen LogP contribution is -2.14. The lowest BCUT2D eigenvalue weighted by Gasteiger charge is -2.11. The summed E-state index contributed by atoms with van der Waals surface area (Å²) in [5.74, 6) is -7.97. The van der Waals surface area contributed by atoms with E-state index < -0.39 is 40.8 Å². The van der Waals surface area contributed by atoms with E-state index in [-0.39, 0.29) is 0 Å². The summed E-state index contributed by atoms with van der Waals surface area (Å²) in [5, 5.41) is 18.3. The Morgan fingerprint density at radius 3 is 2.44 bits per heavy atom. The highest BCUT2D eigenvalue weighted by Gasteiger charge is 2.27. The van der Waals surface area contributed by atoms with Crippen molar-refractivity contribution in [2.75, 3.05) is 7.11 Å². The Labute approximate surface area is 87.9 Å². The van der Waals surface area contributed by atoms with Gasteiger partial charge in [-0.3, -0.25) is 0 Å². The number of aliphatic hydroxyl groups excluding tert-OH is 1. The molecule has 0 bridgehead atoms. The molecule has 0 aliphatic rings. The van der Waals surface area contributed by atoms with Gasteiger partial charge in [-0.1, -0.05) is 0 Å². The molecule has 0 radical (unpaired) electrons. The molecule has 0 amide bonds. The Kier molecular flexibility index (Phi) is 3.38. The fourth-order valence-corrected chi connectivity index (χ4v) is 1.05. The van der Waals surface area contributed by atoms with E-state index in [1.54, 1.807) is 0 Å². The van der Waals surface area contributed by atoms with Gasteiger partial charge in [0, 0.05) is 5.56 Å². The first-order valence-corrected chi connectivity index (χ1v) is 4.02. The quantitative estimate of drug-likeness (QED) is 0.594. The third kappa shape index (κ3) is 1.94. The number of carbonyl (C=O) groups is 1. The van der Waals surface area contributed by atoms with Crippen LogP contribution in [0, 0.1) is 17.5 Å². The number of phenols is 1. The summed E-state index contributed by atoms with van der Waals surface area (Å²) >= 11 is 0. The molecule has 7 heteroatoms. The first kappa shape index (κ1) is 12.3. The Morgan fingerprint density at radius 2 is 1.94 bits per heavy atom. The van der Waals surface area contributed by atoms with Crippen LogP contribution in [-0.4, -0.2) is 23.3 Å². The maximum Gasteiger partial charge on any atom is 0.339 e. The first-order chi connectivity index (χ1) is 7.40. The SMILES string of the molecule is COC(=O)C(O)c1cc(F)c(F)c(F)c1O. The van der Waals surface area contributed by atoms with Crippen LogP contribution in [0.3, 0.4) is 0 Å². The molecule has 2 N–H and O–H groups in total. The van der Waals surface area contributed by atoms with Crippen LogP contribution in [0.15, 0.2) is 6.07 Å². The van der Waals surface area contributed by atoms with Gasteiger partial charge in [-0.05, 0) is 6.07 Å². The second-order valence-corrected chi connectivity index (χ2v) is 2.85. The molecule has 1 unspecified atom stereocenters. The number of rotatable bonds is 2.